The maximum atomic E-state index is 3.82. The molecule has 0 radical (unpaired) electrons. The third kappa shape index (κ3) is 10.3. The minimum Gasteiger partial charge on any atom is -0.385 e. The van der Waals surface area contributed by atoms with Crippen molar-refractivity contribution in [2.75, 3.05) is 59.2 Å². The Labute approximate surface area is 250 Å². The molecule has 2 aliphatic rings. The van der Waals surface area contributed by atoms with E-state index in [-0.39, 0.29) is 6.04 Å². The zero-order chi connectivity index (χ0) is 29.5. The smallest absolute Gasteiger partial charge is 0.101 e. The van der Waals surface area contributed by atoms with E-state index in [1.54, 1.807) is 0 Å². The molecule has 0 saturated heterocycles. The second kappa shape index (κ2) is 17.6. The highest BCUT2D eigenvalue weighted by atomic mass is 15.2. The van der Waals surface area contributed by atoms with Gasteiger partial charge in [-0.1, -0.05) is 69.3 Å². The van der Waals surface area contributed by atoms with Gasteiger partial charge >= 0.3 is 0 Å². The summed E-state index contributed by atoms with van der Waals surface area (Å²) >= 11 is 0. The number of hydrogen-bond donors (Lipinski definition) is 4. The molecule has 0 fully saturated rings. The summed E-state index contributed by atoms with van der Waals surface area (Å²) in [5.74, 6) is 1.20. The maximum absolute atomic E-state index is 3.82. The number of nitrogens with one attached hydrogen (secondary N) is 4. The zero-order valence-corrected chi connectivity index (χ0v) is 26.4. The van der Waals surface area contributed by atoms with Crippen molar-refractivity contribution in [2.45, 2.75) is 59.0 Å². The lowest BCUT2D eigenvalue weighted by Gasteiger charge is -2.34. The third-order valence-corrected chi connectivity index (χ3v) is 7.47. The lowest BCUT2D eigenvalue weighted by Crippen LogP contribution is -2.37. The second-order valence-corrected chi connectivity index (χ2v) is 11.0. The van der Waals surface area contributed by atoms with Crippen LogP contribution in [0.25, 0.3) is 5.70 Å². The van der Waals surface area contributed by atoms with Gasteiger partial charge in [-0.05, 0) is 87.8 Å². The van der Waals surface area contributed by atoms with Crippen molar-refractivity contribution in [3.05, 3.63) is 94.8 Å². The highest BCUT2D eigenvalue weighted by molar-refractivity contribution is 5.80. The van der Waals surface area contributed by atoms with E-state index in [4.69, 9.17) is 0 Å². The molecule has 6 nitrogen and oxygen atoms in total. The molecule has 2 heterocycles. The quantitative estimate of drug-likeness (QED) is 0.207. The van der Waals surface area contributed by atoms with Crippen LogP contribution >= 0.6 is 0 Å². The van der Waals surface area contributed by atoms with Crippen LogP contribution < -0.4 is 21.3 Å². The van der Waals surface area contributed by atoms with E-state index < -0.39 is 0 Å². The van der Waals surface area contributed by atoms with Crippen LogP contribution in [-0.4, -0.2) is 69.7 Å². The van der Waals surface area contributed by atoms with Gasteiger partial charge in [-0.2, -0.15) is 0 Å². The molecule has 0 bridgehead atoms. The van der Waals surface area contributed by atoms with Crippen molar-refractivity contribution in [1.29, 1.82) is 0 Å². The number of anilines is 1. The highest BCUT2D eigenvalue weighted by Crippen LogP contribution is 2.32. The third-order valence-electron chi connectivity index (χ3n) is 7.47. The first-order valence-corrected chi connectivity index (χ1v) is 15.6. The second-order valence-electron chi connectivity index (χ2n) is 11.0. The summed E-state index contributed by atoms with van der Waals surface area (Å²) in [5, 5.41) is 14.8. The van der Waals surface area contributed by atoms with Gasteiger partial charge in [0.1, 0.15) is 5.82 Å². The molecule has 2 aliphatic heterocycles. The van der Waals surface area contributed by atoms with Gasteiger partial charge in [-0.25, -0.2) is 0 Å². The Morgan fingerprint density at radius 1 is 0.902 bits per heavy atom. The average Bonchev–Trinajstić information content (AvgIpc) is 3.00. The lowest BCUT2D eigenvalue weighted by atomic mass is 9.94. The number of hydrogen-bond acceptors (Lipinski definition) is 6. The zero-order valence-electron chi connectivity index (χ0n) is 26.4. The van der Waals surface area contributed by atoms with Crippen molar-refractivity contribution in [3.8, 4) is 0 Å². The van der Waals surface area contributed by atoms with Gasteiger partial charge in [0.15, 0.2) is 0 Å². The SMILES string of the molecule is CC.CCc1ccc2c(c1)NC(C1=CC=C(NCCCCNCc3ccccc3)N(C)C1)C=C2NCCCN(C)C. The number of nitrogens with zero attached hydrogens (tertiary/aromatic N) is 2. The number of fused-ring (bicyclic) bond motifs is 1. The van der Waals surface area contributed by atoms with E-state index in [2.05, 4.69) is 126 Å². The van der Waals surface area contributed by atoms with Crippen LogP contribution in [0.1, 0.15) is 56.7 Å². The molecule has 2 aromatic rings. The normalized spacial score (nSPS) is 16.0. The van der Waals surface area contributed by atoms with Gasteiger partial charge in [0.25, 0.3) is 0 Å². The van der Waals surface area contributed by atoms with Crippen molar-refractivity contribution < 1.29 is 0 Å². The standard InChI is InChI=1S/C33H48N6.C2H6/c1-5-26-14-16-29-31(35-20-11-21-38(2)3)23-30(37-32(29)22-26)28-15-17-33(39(4)25-28)36-19-10-9-18-34-24-27-12-7-6-8-13-27;1-2/h6-8,12-17,22-23,30,34-37H,5,9-11,18-21,24-25H2,1-4H3;1-2H3. The monoisotopic (exact) mass is 558 g/mol. The Morgan fingerprint density at radius 3 is 2.39 bits per heavy atom. The van der Waals surface area contributed by atoms with E-state index in [9.17, 15) is 0 Å². The summed E-state index contributed by atoms with van der Waals surface area (Å²) in [4.78, 5) is 4.58. The summed E-state index contributed by atoms with van der Waals surface area (Å²) in [7, 11) is 6.45. The predicted octanol–water partition coefficient (Wildman–Crippen LogP) is 5.82. The van der Waals surface area contributed by atoms with Crippen molar-refractivity contribution in [3.63, 3.8) is 0 Å². The Morgan fingerprint density at radius 2 is 1.66 bits per heavy atom. The first kappa shape index (κ1) is 32.3. The first-order chi connectivity index (χ1) is 20.0. The molecular weight excluding hydrogens is 504 g/mol. The van der Waals surface area contributed by atoms with Crippen LogP contribution in [0.3, 0.4) is 0 Å². The molecule has 1 unspecified atom stereocenters. The number of rotatable bonds is 15. The minimum atomic E-state index is 0.178. The van der Waals surface area contributed by atoms with Crippen molar-refractivity contribution in [2.24, 2.45) is 0 Å². The summed E-state index contributed by atoms with van der Waals surface area (Å²) in [5.41, 5.74) is 7.84. The molecule has 4 N–H and O–H groups in total. The molecule has 0 aliphatic carbocycles. The summed E-state index contributed by atoms with van der Waals surface area (Å²) in [6.45, 7) is 12.2. The van der Waals surface area contributed by atoms with E-state index >= 15 is 0 Å². The van der Waals surface area contributed by atoms with Crippen LogP contribution in [0.5, 0.6) is 0 Å². The number of benzene rings is 2. The molecular formula is C35H54N6. The summed E-state index contributed by atoms with van der Waals surface area (Å²) in [6, 6.07) is 17.6. The Kier molecular flexibility index (Phi) is 13.8. The molecule has 2 aromatic carbocycles. The van der Waals surface area contributed by atoms with Crippen LogP contribution in [0, 0.1) is 0 Å². The molecule has 224 valence electrons. The number of likely N-dealkylation sites (N-methyl/N-ethyl adjacent to an activating group) is 1. The van der Waals surface area contributed by atoms with E-state index in [1.807, 2.05) is 13.8 Å². The van der Waals surface area contributed by atoms with Gasteiger partial charge in [-0.3, -0.25) is 0 Å². The number of aryl methyl sites for hydroxylation is 1. The van der Waals surface area contributed by atoms with E-state index in [0.29, 0.717) is 0 Å². The molecule has 0 spiro atoms. The molecule has 1 atom stereocenters. The lowest BCUT2D eigenvalue weighted by molar-refractivity contribution is 0.398. The van der Waals surface area contributed by atoms with E-state index in [1.165, 1.54) is 39.5 Å². The van der Waals surface area contributed by atoms with Gasteiger partial charge in [0.05, 0.1) is 6.04 Å². The molecule has 0 saturated carbocycles. The topological polar surface area (TPSA) is 54.6 Å². The molecule has 4 rings (SSSR count). The first-order valence-electron chi connectivity index (χ1n) is 15.6. The molecule has 6 heteroatoms. The van der Waals surface area contributed by atoms with Gasteiger partial charge < -0.3 is 31.1 Å². The Bertz CT molecular complexity index is 1130. The summed E-state index contributed by atoms with van der Waals surface area (Å²) < 4.78 is 0. The van der Waals surface area contributed by atoms with Crippen LogP contribution in [0.2, 0.25) is 0 Å². The molecule has 0 aromatic heterocycles. The van der Waals surface area contributed by atoms with Crippen LogP contribution in [-0.2, 0) is 13.0 Å². The van der Waals surface area contributed by atoms with Crippen molar-refractivity contribution in [1.82, 2.24) is 25.8 Å². The fraction of sp³-hybridized carbons (Fsp3) is 0.486. The van der Waals surface area contributed by atoms with Crippen LogP contribution in [0.15, 0.2) is 78.2 Å². The molecule has 41 heavy (non-hydrogen) atoms. The van der Waals surface area contributed by atoms with Gasteiger partial charge in [-0.15, -0.1) is 0 Å². The van der Waals surface area contributed by atoms with E-state index in [0.717, 1.165) is 65.0 Å². The largest absolute Gasteiger partial charge is 0.385 e. The van der Waals surface area contributed by atoms with Crippen LogP contribution in [0.4, 0.5) is 5.69 Å². The van der Waals surface area contributed by atoms with Crippen molar-refractivity contribution >= 4 is 11.4 Å². The Hall–Kier alpha value is -3.22. The average molecular weight is 559 g/mol. The summed E-state index contributed by atoms with van der Waals surface area (Å²) in [6.07, 6.45) is 11.4. The number of unbranched alkanes of at least 4 members (excludes halogenated alkanes) is 1. The fourth-order valence-electron chi connectivity index (χ4n) is 5.14. The fourth-order valence-corrected chi connectivity index (χ4v) is 5.14. The predicted molar refractivity (Wildman–Crippen MR) is 178 cm³/mol. The highest BCUT2D eigenvalue weighted by Gasteiger charge is 2.24. The number of allylic oxidation sites excluding steroid dienone is 2. The Balaban J connectivity index is 0.00000226. The maximum Gasteiger partial charge on any atom is 0.101 e. The van der Waals surface area contributed by atoms with Gasteiger partial charge in [0, 0.05) is 50.2 Å². The molecule has 0 amide bonds. The van der Waals surface area contributed by atoms with Gasteiger partial charge in [0.2, 0.25) is 0 Å². The minimum absolute atomic E-state index is 0.178.